The first-order valence-electron chi connectivity index (χ1n) is 4.67. The summed E-state index contributed by atoms with van der Waals surface area (Å²) < 4.78 is 26.4. The van der Waals surface area contributed by atoms with Crippen molar-refractivity contribution in [2.45, 2.75) is 26.1 Å². The minimum atomic E-state index is -1.52. The molecule has 0 spiro atoms. The molecule has 4 heteroatoms. The van der Waals surface area contributed by atoms with Crippen molar-refractivity contribution in [1.82, 2.24) is 0 Å². The number of rotatable bonds is 3. The molecule has 1 aromatic rings. The van der Waals surface area contributed by atoms with Crippen LogP contribution in [0.1, 0.15) is 35.9 Å². The third kappa shape index (κ3) is 2.39. The Balaban J connectivity index is 3.29. The quantitative estimate of drug-likeness (QED) is 0.783. The van der Waals surface area contributed by atoms with E-state index in [0.717, 1.165) is 6.07 Å². The zero-order valence-electron chi connectivity index (χ0n) is 8.63. The van der Waals surface area contributed by atoms with Gasteiger partial charge in [0.1, 0.15) is 12.0 Å². The summed E-state index contributed by atoms with van der Waals surface area (Å²) in [6, 6.07) is 3.13. The van der Waals surface area contributed by atoms with Crippen LogP contribution in [0.2, 0.25) is 0 Å². The highest BCUT2D eigenvalue weighted by Crippen LogP contribution is 2.25. The molecule has 1 rings (SSSR count). The maximum Gasteiger partial charge on any atom is 0.179 e. The summed E-state index contributed by atoms with van der Waals surface area (Å²) in [7, 11) is 0. The van der Waals surface area contributed by atoms with E-state index in [1.54, 1.807) is 0 Å². The fourth-order valence-electron chi connectivity index (χ4n) is 1.40. The van der Waals surface area contributed by atoms with Gasteiger partial charge in [0.2, 0.25) is 0 Å². The molecular formula is C11H13F2NO. The van der Waals surface area contributed by atoms with E-state index in [2.05, 4.69) is 0 Å². The summed E-state index contributed by atoms with van der Waals surface area (Å²) in [6.45, 7) is 2.68. The molecule has 0 aliphatic rings. The van der Waals surface area contributed by atoms with Crippen LogP contribution in [-0.2, 0) is 0 Å². The molecule has 0 radical (unpaired) electrons. The highest BCUT2D eigenvalue weighted by molar-refractivity contribution is 6.01. The monoisotopic (exact) mass is 213 g/mol. The molecule has 15 heavy (non-hydrogen) atoms. The summed E-state index contributed by atoms with van der Waals surface area (Å²) >= 11 is 0. The van der Waals surface area contributed by atoms with Gasteiger partial charge in [0.05, 0.1) is 6.04 Å². The van der Waals surface area contributed by atoms with Crippen LogP contribution in [0.5, 0.6) is 0 Å². The number of halogens is 2. The first-order chi connectivity index (χ1) is 6.95. The number of nitrogens with two attached hydrogens (primary N) is 1. The van der Waals surface area contributed by atoms with Gasteiger partial charge in [-0.15, -0.1) is 0 Å². The molecule has 0 saturated carbocycles. The number of carbonyl (C=O) groups excluding carboxylic acids is 1. The highest BCUT2D eigenvalue weighted by Gasteiger charge is 2.21. The first-order valence-corrected chi connectivity index (χ1v) is 4.67. The summed E-state index contributed by atoms with van der Waals surface area (Å²) in [5.41, 5.74) is 5.21. The molecule has 1 aromatic carbocycles. The molecule has 2 unspecified atom stereocenters. The summed E-state index contributed by atoms with van der Waals surface area (Å²) in [6.07, 6.45) is -1.52. The molecule has 0 amide bonds. The van der Waals surface area contributed by atoms with Gasteiger partial charge in [0.15, 0.2) is 5.78 Å². The predicted molar refractivity (Wildman–Crippen MR) is 53.9 cm³/mol. The first kappa shape index (κ1) is 11.8. The minimum absolute atomic E-state index is 0.0278. The molecule has 2 N–H and O–H groups in total. The summed E-state index contributed by atoms with van der Waals surface area (Å²) in [5.74, 6) is -1.16. The van der Waals surface area contributed by atoms with Crippen molar-refractivity contribution in [3.63, 3.8) is 0 Å². The Labute approximate surface area is 87.1 Å². The third-order valence-corrected chi connectivity index (χ3v) is 2.13. The van der Waals surface area contributed by atoms with Crippen LogP contribution in [-0.4, -0.2) is 11.8 Å². The van der Waals surface area contributed by atoms with E-state index in [9.17, 15) is 13.6 Å². The number of benzene rings is 1. The van der Waals surface area contributed by atoms with Gasteiger partial charge >= 0.3 is 0 Å². The Morgan fingerprint density at radius 3 is 2.47 bits per heavy atom. The number of Topliss-reactive ketones (excluding diaryl/α,β-unsaturated/α-hetero) is 1. The van der Waals surface area contributed by atoms with Gasteiger partial charge < -0.3 is 5.73 Å². The normalized spacial score (nSPS) is 14.7. The molecule has 2 atom stereocenters. The van der Waals surface area contributed by atoms with Gasteiger partial charge in [-0.3, -0.25) is 4.79 Å². The van der Waals surface area contributed by atoms with Gasteiger partial charge in [0, 0.05) is 11.1 Å². The predicted octanol–water partition coefficient (Wildman–Crippen LogP) is 2.39. The Morgan fingerprint density at radius 2 is 2.00 bits per heavy atom. The van der Waals surface area contributed by atoms with Crippen LogP contribution >= 0.6 is 0 Å². The van der Waals surface area contributed by atoms with Crippen LogP contribution in [0.4, 0.5) is 8.78 Å². The van der Waals surface area contributed by atoms with Crippen molar-refractivity contribution in [2.75, 3.05) is 0 Å². The van der Waals surface area contributed by atoms with E-state index in [0.29, 0.717) is 0 Å². The average molecular weight is 213 g/mol. The van der Waals surface area contributed by atoms with Crippen molar-refractivity contribution >= 4 is 5.78 Å². The molecule has 2 nitrogen and oxygen atoms in total. The number of carbonyl (C=O) groups is 1. The van der Waals surface area contributed by atoms with Crippen LogP contribution in [0.3, 0.4) is 0 Å². The van der Waals surface area contributed by atoms with Gasteiger partial charge in [-0.05, 0) is 19.9 Å². The Bertz CT molecular complexity index is 375. The van der Waals surface area contributed by atoms with Gasteiger partial charge in [-0.25, -0.2) is 8.78 Å². The zero-order chi connectivity index (χ0) is 11.6. The highest BCUT2D eigenvalue weighted by atomic mass is 19.1. The van der Waals surface area contributed by atoms with Crippen LogP contribution in [0, 0.1) is 5.82 Å². The number of alkyl halides is 1. The van der Waals surface area contributed by atoms with Crippen LogP contribution < -0.4 is 5.73 Å². The number of hydrogen-bond donors (Lipinski definition) is 1. The molecule has 82 valence electrons. The molecule has 0 saturated heterocycles. The Kier molecular flexibility index (Phi) is 3.52. The van der Waals surface area contributed by atoms with Crippen molar-refractivity contribution in [3.8, 4) is 0 Å². The second-order valence-corrected chi connectivity index (χ2v) is 3.47. The van der Waals surface area contributed by atoms with E-state index >= 15 is 0 Å². The third-order valence-electron chi connectivity index (χ3n) is 2.13. The van der Waals surface area contributed by atoms with E-state index in [4.69, 9.17) is 5.73 Å². The second kappa shape index (κ2) is 4.49. The largest absolute Gasteiger partial charge is 0.321 e. The summed E-state index contributed by atoms with van der Waals surface area (Å²) in [5, 5.41) is 0. The lowest BCUT2D eigenvalue weighted by Crippen LogP contribution is -2.28. The Hall–Kier alpha value is -1.29. The zero-order valence-corrected chi connectivity index (χ0v) is 8.63. The summed E-state index contributed by atoms with van der Waals surface area (Å²) in [4.78, 5) is 11.6. The second-order valence-electron chi connectivity index (χ2n) is 3.47. The maximum atomic E-state index is 13.3. The standard InChI is InChI=1S/C11H13F2NO/c1-6(12)10-8(11(15)7(2)14)4-3-5-9(10)13/h3-7H,14H2,1-2H3. The van der Waals surface area contributed by atoms with Crippen LogP contribution in [0.25, 0.3) is 0 Å². The molecule has 0 aromatic heterocycles. The molecule has 0 fully saturated rings. The van der Waals surface area contributed by atoms with Gasteiger partial charge in [0.25, 0.3) is 0 Å². The van der Waals surface area contributed by atoms with E-state index in [1.807, 2.05) is 0 Å². The van der Waals surface area contributed by atoms with E-state index in [1.165, 1.54) is 26.0 Å². The van der Waals surface area contributed by atoms with E-state index < -0.39 is 23.8 Å². The van der Waals surface area contributed by atoms with Crippen molar-refractivity contribution < 1.29 is 13.6 Å². The lowest BCUT2D eigenvalue weighted by atomic mass is 9.97. The SMILES string of the molecule is CC(N)C(=O)c1cccc(F)c1C(C)F. The van der Waals surface area contributed by atoms with Gasteiger partial charge in [-0.1, -0.05) is 12.1 Å². The van der Waals surface area contributed by atoms with Crippen molar-refractivity contribution in [2.24, 2.45) is 5.73 Å². The van der Waals surface area contributed by atoms with Gasteiger partial charge in [-0.2, -0.15) is 0 Å². The fraction of sp³-hybridized carbons (Fsp3) is 0.364. The molecule has 0 heterocycles. The van der Waals surface area contributed by atoms with Crippen molar-refractivity contribution in [1.29, 1.82) is 0 Å². The smallest absolute Gasteiger partial charge is 0.179 e. The van der Waals surface area contributed by atoms with E-state index in [-0.39, 0.29) is 11.1 Å². The topological polar surface area (TPSA) is 43.1 Å². The Morgan fingerprint density at radius 1 is 1.40 bits per heavy atom. The maximum absolute atomic E-state index is 13.3. The fourth-order valence-corrected chi connectivity index (χ4v) is 1.40. The molecule has 0 bridgehead atoms. The van der Waals surface area contributed by atoms with Crippen molar-refractivity contribution in [3.05, 3.63) is 35.1 Å². The minimum Gasteiger partial charge on any atom is -0.321 e. The lowest BCUT2D eigenvalue weighted by Gasteiger charge is -2.12. The lowest BCUT2D eigenvalue weighted by molar-refractivity contribution is 0.0964. The average Bonchev–Trinajstić information content (AvgIpc) is 2.15. The molecule has 0 aliphatic heterocycles. The number of ketones is 1. The van der Waals surface area contributed by atoms with Crippen LogP contribution in [0.15, 0.2) is 18.2 Å². The number of hydrogen-bond acceptors (Lipinski definition) is 2. The molecular weight excluding hydrogens is 200 g/mol. The molecule has 0 aliphatic carbocycles.